The summed E-state index contributed by atoms with van der Waals surface area (Å²) in [5.74, 6) is 0.856. The molecule has 1 saturated carbocycles. The van der Waals surface area contributed by atoms with Crippen LogP contribution < -0.4 is 5.32 Å². The lowest BCUT2D eigenvalue weighted by molar-refractivity contribution is -0.143. The highest BCUT2D eigenvalue weighted by atomic mass is 16.5. The van der Waals surface area contributed by atoms with Crippen LogP contribution in [0, 0.1) is 5.92 Å². The lowest BCUT2D eigenvalue weighted by Crippen LogP contribution is -2.30. The minimum Gasteiger partial charge on any atom is -0.466 e. The Morgan fingerprint density at radius 1 is 1.22 bits per heavy atom. The maximum Gasteiger partial charge on any atom is 0.307 e. The van der Waals surface area contributed by atoms with E-state index >= 15 is 0 Å². The lowest BCUT2D eigenvalue weighted by Gasteiger charge is -2.16. The molecule has 106 valence electrons. The highest BCUT2D eigenvalue weighted by molar-refractivity contribution is 5.69. The summed E-state index contributed by atoms with van der Waals surface area (Å²) < 4.78 is 4.93. The Morgan fingerprint density at radius 2 is 2.06 bits per heavy atom. The van der Waals surface area contributed by atoms with Gasteiger partial charge in [0, 0.05) is 12.6 Å². The molecule has 0 aromatic carbocycles. The SMILES string of the molecule is CCCC1CCCC(NCCC(=O)OCC)CC1. The molecule has 0 aromatic heterocycles. The molecule has 0 radical (unpaired) electrons. The number of esters is 1. The van der Waals surface area contributed by atoms with Crippen LogP contribution in [0.1, 0.15) is 65.2 Å². The Hall–Kier alpha value is -0.570. The third kappa shape index (κ3) is 6.39. The predicted molar refractivity (Wildman–Crippen MR) is 74.5 cm³/mol. The van der Waals surface area contributed by atoms with E-state index in [4.69, 9.17) is 4.74 Å². The smallest absolute Gasteiger partial charge is 0.307 e. The molecule has 3 nitrogen and oxygen atoms in total. The zero-order chi connectivity index (χ0) is 13.2. The molecule has 2 unspecified atom stereocenters. The fourth-order valence-electron chi connectivity index (χ4n) is 2.89. The normalized spacial score (nSPS) is 24.6. The number of hydrogen-bond acceptors (Lipinski definition) is 3. The minimum absolute atomic E-state index is 0.0810. The second-order valence-electron chi connectivity index (χ2n) is 5.37. The molecule has 0 bridgehead atoms. The molecule has 1 N–H and O–H groups in total. The van der Waals surface area contributed by atoms with Crippen molar-refractivity contribution in [3.63, 3.8) is 0 Å². The summed E-state index contributed by atoms with van der Waals surface area (Å²) in [4.78, 5) is 11.2. The van der Waals surface area contributed by atoms with E-state index in [1.165, 1.54) is 44.9 Å². The van der Waals surface area contributed by atoms with Crippen LogP contribution in [-0.2, 0) is 9.53 Å². The molecule has 0 aromatic rings. The zero-order valence-electron chi connectivity index (χ0n) is 12.0. The van der Waals surface area contributed by atoms with Gasteiger partial charge in [0.15, 0.2) is 0 Å². The standard InChI is InChI=1S/C15H29NO2/c1-3-6-13-7-5-8-14(10-9-13)16-12-11-15(17)18-4-2/h13-14,16H,3-12H2,1-2H3. The molecule has 0 saturated heterocycles. The largest absolute Gasteiger partial charge is 0.466 e. The van der Waals surface area contributed by atoms with E-state index in [9.17, 15) is 4.79 Å². The average molecular weight is 255 g/mol. The number of hydrogen-bond donors (Lipinski definition) is 1. The third-order valence-electron chi connectivity index (χ3n) is 3.85. The average Bonchev–Trinajstić information content (AvgIpc) is 2.56. The van der Waals surface area contributed by atoms with Crippen LogP contribution in [0.3, 0.4) is 0 Å². The van der Waals surface area contributed by atoms with Crippen LogP contribution in [0.25, 0.3) is 0 Å². The fourth-order valence-corrected chi connectivity index (χ4v) is 2.89. The third-order valence-corrected chi connectivity index (χ3v) is 3.85. The summed E-state index contributed by atoms with van der Waals surface area (Å²) >= 11 is 0. The maximum atomic E-state index is 11.2. The van der Waals surface area contributed by atoms with E-state index in [0.717, 1.165) is 12.5 Å². The van der Waals surface area contributed by atoms with Crippen molar-refractivity contribution in [3.05, 3.63) is 0 Å². The van der Waals surface area contributed by atoms with E-state index in [1.54, 1.807) is 0 Å². The zero-order valence-corrected chi connectivity index (χ0v) is 12.0. The molecule has 1 fully saturated rings. The molecule has 2 atom stereocenters. The van der Waals surface area contributed by atoms with E-state index in [2.05, 4.69) is 12.2 Å². The van der Waals surface area contributed by atoms with Crippen LogP contribution in [0.2, 0.25) is 0 Å². The first-order valence-electron chi connectivity index (χ1n) is 7.65. The van der Waals surface area contributed by atoms with Gasteiger partial charge in [0.1, 0.15) is 0 Å². The van der Waals surface area contributed by atoms with Gasteiger partial charge in [-0.25, -0.2) is 0 Å². The van der Waals surface area contributed by atoms with Crippen LogP contribution >= 0.6 is 0 Å². The highest BCUT2D eigenvalue weighted by Crippen LogP contribution is 2.26. The highest BCUT2D eigenvalue weighted by Gasteiger charge is 2.18. The van der Waals surface area contributed by atoms with Crippen molar-refractivity contribution in [1.82, 2.24) is 5.32 Å². The molecule has 18 heavy (non-hydrogen) atoms. The monoisotopic (exact) mass is 255 g/mol. The maximum absolute atomic E-state index is 11.2. The second kappa shape index (κ2) is 9.37. The molecule has 0 aliphatic heterocycles. The van der Waals surface area contributed by atoms with E-state index in [1.807, 2.05) is 6.92 Å². The van der Waals surface area contributed by atoms with Crippen LogP contribution in [0.15, 0.2) is 0 Å². The van der Waals surface area contributed by atoms with Crippen LogP contribution in [-0.4, -0.2) is 25.2 Å². The molecule has 3 heteroatoms. The first-order chi connectivity index (χ1) is 8.76. The Balaban J connectivity index is 2.13. The summed E-state index contributed by atoms with van der Waals surface area (Å²) in [6, 6.07) is 0.612. The van der Waals surface area contributed by atoms with Gasteiger partial charge < -0.3 is 10.1 Å². The second-order valence-corrected chi connectivity index (χ2v) is 5.37. The summed E-state index contributed by atoms with van der Waals surface area (Å²) in [5.41, 5.74) is 0. The summed E-state index contributed by atoms with van der Waals surface area (Å²) in [5, 5.41) is 3.51. The number of rotatable bonds is 7. The number of nitrogens with one attached hydrogen (secondary N) is 1. The van der Waals surface area contributed by atoms with Gasteiger partial charge in [-0.2, -0.15) is 0 Å². The van der Waals surface area contributed by atoms with Crippen molar-refractivity contribution in [2.75, 3.05) is 13.2 Å². The van der Waals surface area contributed by atoms with Gasteiger partial charge in [0.25, 0.3) is 0 Å². The fraction of sp³-hybridized carbons (Fsp3) is 0.933. The van der Waals surface area contributed by atoms with Crippen molar-refractivity contribution < 1.29 is 9.53 Å². The Morgan fingerprint density at radius 3 is 2.78 bits per heavy atom. The Bertz CT molecular complexity index is 231. The Kier molecular flexibility index (Phi) is 8.06. The van der Waals surface area contributed by atoms with Gasteiger partial charge in [-0.05, 0) is 32.1 Å². The minimum atomic E-state index is -0.0810. The molecule has 1 rings (SSSR count). The number of carbonyl (C=O) groups is 1. The van der Waals surface area contributed by atoms with Gasteiger partial charge in [-0.3, -0.25) is 4.79 Å². The molecule has 0 amide bonds. The van der Waals surface area contributed by atoms with Crippen molar-refractivity contribution in [3.8, 4) is 0 Å². The summed E-state index contributed by atoms with van der Waals surface area (Å²) in [6.45, 7) is 5.38. The van der Waals surface area contributed by atoms with Gasteiger partial charge in [0.2, 0.25) is 0 Å². The van der Waals surface area contributed by atoms with Crippen LogP contribution in [0.5, 0.6) is 0 Å². The van der Waals surface area contributed by atoms with Gasteiger partial charge in [-0.15, -0.1) is 0 Å². The molecule has 1 aliphatic rings. The predicted octanol–water partition coefficient (Wildman–Crippen LogP) is 3.28. The first-order valence-corrected chi connectivity index (χ1v) is 7.65. The Labute approximate surface area is 112 Å². The molecular formula is C15H29NO2. The van der Waals surface area contributed by atoms with Crippen molar-refractivity contribution in [2.24, 2.45) is 5.92 Å². The number of carbonyl (C=O) groups excluding carboxylic acids is 1. The molecule has 0 heterocycles. The lowest BCUT2D eigenvalue weighted by atomic mass is 9.95. The van der Waals surface area contributed by atoms with E-state index in [0.29, 0.717) is 19.1 Å². The van der Waals surface area contributed by atoms with Crippen molar-refractivity contribution >= 4 is 5.97 Å². The number of ether oxygens (including phenoxy) is 1. The molecule has 0 spiro atoms. The first kappa shape index (κ1) is 15.5. The van der Waals surface area contributed by atoms with Crippen LogP contribution in [0.4, 0.5) is 0 Å². The van der Waals surface area contributed by atoms with Gasteiger partial charge in [0.05, 0.1) is 13.0 Å². The van der Waals surface area contributed by atoms with Gasteiger partial charge >= 0.3 is 5.97 Å². The van der Waals surface area contributed by atoms with E-state index < -0.39 is 0 Å². The summed E-state index contributed by atoms with van der Waals surface area (Å²) in [6.07, 6.45) is 9.82. The molecular weight excluding hydrogens is 226 g/mol. The topological polar surface area (TPSA) is 38.3 Å². The van der Waals surface area contributed by atoms with E-state index in [-0.39, 0.29) is 5.97 Å². The van der Waals surface area contributed by atoms with Gasteiger partial charge in [-0.1, -0.05) is 32.6 Å². The van der Waals surface area contributed by atoms with Crippen molar-refractivity contribution in [1.29, 1.82) is 0 Å². The van der Waals surface area contributed by atoms with Crippen molar-refractivity contribution in [2.45, 2.75) is 71.3 Å². The molecule has 1 aliphatic carbocycles. The quantitative estimate of drug-likeness (QED) is 0.560. The summed E-state index contributed by atoms with van der Waals surface area (Å²) in [7, 11) is 0.